The molecule has 4 heterocycles. The van der Waals surface area contributed by atoms with Crippen LogP contribution in [0.1, 0.15) is 98.8 Å². The highest BCUT2D eigenvalue weighted by molar-refractivity contribution is 5.19. The number of fused-ring (bicyclic) bond motifs is 5. The average molecular weight is 949 g/mol. The molecular formula is C47H80O19. The lowest BCUT2D eigenvalue weighted by atomic mass is 9.33. The maximum Gasteiger partial charge on any atom is 0.187 e. The van der Waals surface area contributed by atoms with Crippen LogP contribution in [0.4, 0.5) is 0 Å². The molecule has 66 heavy (non-hydrogen) atoms. The van der Waals surface area contributed by atoms with Crippen LogP contribution in [0.15, 0.2) is 0 Å². The molecule has 0 bridgehead atoms. The van der Waals surface area contributed by atoms with Gasteiger partial charge in [-0.05, 0) is 98.2 Å². The van der Waals surface area contributed by atoms with Crippen LogP contribution in [0.2, 0.25) is 0 Å². The summed E-state index contributed by atoms with van der Waals surface area (Å²) in [6.07, 6.45) is -13.5. The molecular weight excluding hydrogens is 868 g/mol. The molecule has 8 aliphatic rings. The van der Waals surface area contributed by atoms with Gasteiger partial charge in [-0.15, -0.1) is 0 Å². The summed E-state index contributed by atoms with van der Waals surface area (Å²) in [4.78, 5) is 0. The maximum absolute atomic E-state index is 12.5. The third-order valence-electron chi connectivity index (χ3n) is 19.6. The van der Waals surface area contributed by atoms with Crippen LogP contribution < -0.4 is 0 Å². The summed E-state index contributed by atoms with van der Waals surface area (Å²) in [5, 5.41) is 127. The zero-order chi connectivity index (χ0) is 47.9. The smallest absolute Gasteiger partial charge is 0.187 e. The molecule has 0 amide bonds. The third-order valence-corrected chi connectivity index (χ3v) is 19.6. The van der Waals surface area contributed by atoms with E-state index in [4.69, 9.17) is 33.2 Å². The quantitative estimate of drug-likeness (QED) is 0.107. The summed E-state index contributed by atoms with van der Waals surface area (Å²) in [5.74, 6) is 0.240. The standard InChI is InChI=1S/C47H80O19/c1-22(18-60-40-37(58)34(55)32(53)26(16-48)63-40)25-8-13-47(21-62-25)15-14-45(4)23(39(47)59)6-7-29-43(2)11-10-30(44(3,20-50)28(43)9-12-46(29,45)5)65-42-38(35(56)33(54)27(17-49)64-42)66-41-36(57)31(52)24(51)19-61-41/h22-42,48-59H,6-21H2,1-5H3. The van der Waals surface area contributed by atoms with Gasteiger partial charge in [-0.2, -0.15) is 0 Å². The van der Waals surface area contributed by atoms with E-state index in [1.807, 2.05) is 13.8 Å². The van der Waals surface area contributed by atoms with Crippen LogP contribution in [0, 0.1) is 50.7 Å². The summed E-state index contributed by atoms with van der Waals surface area (Å²) in [6, 6.07) is 0. The Kier molecular flexibility index (Phi) is 15.1. The van der Waals surface area contributed by atoms with Gasteiger partial charge < -0.3 is 94.4 Å². The summed E-state index contributed by atoms with van der Waals surface area (Å²) in [7, 11) is 0. The summed E-state index contributed by atoms with van der Waals surface area (Å²) in [5.41, 5.74) is -1.69. The first-order valence-electron chi connectivity index (χ1n) is 24.6. The molecule has 12 N–H and O–H groups in total. The van der Waals surface area contributed by atoms with Crippen molar-refractivity contribution in [1.82, 2.24) is 0 Å². The minimum absolute atomic E-state index is 0.00873. The van der Waals surface area contributed by atoms with E-state index in [2.05, 4.69) is 20.8 Å². The minimum atomic E-state index is -1.68. The van der Waals surface area contributed by atoms with Crippen LogP contribution in [-0.2, 0) is 33.2 Å². The highest BCUT2D eigenvalue weighted by Crippen LogP contribution is 2.75. The number of ether oxygens (including phenoxy) is 7. The number of aliphatic hydroxyl groups is 12. The van der Waals surface area contributed by atoms with Crippen molar-refractivity contribution >= 4 is 0 Å². The fraction of sp³-hybridized carbons (Fsp3) is 1.00. The molecule has 4 aliphatic carbocycles. The zero-order valence-corrected chi connectivity index (χ0v) is 39.2. The Bertz CT molecular complexity index is 1640. The second-order valence-electron chi connectivity index (χ2n) is 22.8. The molecule has 1 spiro atoms. The van der Waals surface area contributed by atoms with E-state index in [9.17, 15) is 61.3 Å². The maximum atomic E-state index is 12.5. The van der Waals surface area contributed by atoms with E-state index in [1.54, 1.807) is 0 Å². The van der Waals surface area contributed by atoms with Crippen LogP contribution in [0.3, 0.4) is 0 Å². The van der Waals surface area contributed by atoms with E-state index >= 15 is 0 Å². The molecule has 0 aromatic heterocycles. The fourth-order valence-corrected chi connectivity index (χ4v) is 15.1. The lowest BCUT2D eigenvalue weighted by Crippen LogP contribution is -2.69. The Morgan fingerprint density at radius 3 is 1.91 bits per heavy atom. The second-order valence-corrected chi connectivity index (χ2v) is 22.8. The number of hydrogen-bond acceptors (Lipinski definition) is 19. The van der Waals surface area contributed by atoms with Gasteiger partial charge in [-0.1, -0.05) is 34.6 Å². The Labute approximate surface area is 387 Å². The summed E-state index contributed by atoms with van der Waals surface area (Å²) in [6.45, 7) is 10.0. The number of aliphatic hydroxyl groups excluding tert-OH is 12. The van der Waals surface area contributed by atoms with Gasteiger partial charge in [-0.3, -0.25) is 0 Å². The summed E-state index contributed by atoms with van der Waals surface area (Å²) < 4.78 is 42.1. The molecule has 0 aromatic carbocycles. The molecule has 19 heteroatoms. The Hall–Kier alpha value is -0.760. The molecule has 4 aliphatic heterocycles. The molecule has 0 radical (unpaired) electrons. The van der Waals surface area contributed by atoms with Crippen molar-refractivity contribution < 1.29 is 94.4 Å². The fourth-order valence-electron chi connectivity index (χ4n) is 15.1. The summed E-state index contributed by atoms with van der Waals surface area (Å²) >= 11 is 0. The number of hydrogen-bond donors (Lipinski definition) is 12. The molecule has 4 saturated heterocycles. The zero-order valence-electron chi connectivity index (χ0n) is 39.2. The van der Waals surface area contributed by atoms with Gasteiger partial charge in [0.15, 0.2) is 18.9 Å². The van der Waals surface area contributed by atoms with Gasteiger partial charge in [0, 0.05) is 16.7 Å². The van der Waals surface area contributed by atoms with Gasteiger partial charge in [0.25, 0.3) is 0 Å². The van der Waals surface area contributed by atoms with Crippen LogP contribution in [0.5, 0.6) is 0 Å². The Balaban J connectivity index is 0.928. The monoisotopic (exact) mass is 949 g/mol. The first-order valence-corrected chi connectivity index (χ1v) is 24.6. The van der Waals surface area contributed by atoms with E-state index < -0.39 is 122 Å². The first-order chi connectivity index (χ1) is 31.1. The Morgan fingerprint density at radius 1 is 0.591 bits per heavy atom. The molecule has 8 fully saturated rings. The average Bonchev–Trinajstić information content (AvgIpc) is 3.30. The van der Waals surface area contributed by atoms with Crippen molar-refractivity contribution in [3.05, 3.63) is 0 Å². The van der Waals surface area contributed by atoms with E-state index in [1.165, 1.54) is 0 Å². The van der Waals surface area contributed by atoms with Crippen molar-refractivity contribution in [3.8, 4) is 0 Å². The van der Waals surface area contributed by atoms with Crippen molar-refractivity contribution in [2.45, 2.75) is 203 Å². The highest BCUT2D eigenvalue weighted by atomic mass is 16.8. The van der Waals surface area contributed by atoms with Gasteiger partial charge in [0.2, 0.25) is 0 Å². The van der Waals surface area contributed by atoms with Crippen molar-refractivity contribution in [1.29, 1.82) is 0 Å². The van der Waals surface area contributed by atoms with E-state index in [-0.39, 0.29) is 65.8 Å². The van der Waals surface area contributed by atoms with Crippen LogP contribution in [0.25, 0.3) is 0 Å². The van der Waals surface area contributed by atoms with Gasteiger partial charge in [0.05, 0.1) is 58.0 Å². The topological polar surface area (TPSA) is 307 Å². The van der Waals surface area contributed by atoms with Crippen molar-refractivity contribution in [2.75, 3.05) is 39.6 Å². The molecule has 26 atom stereocenters. The van der Waals surface area contributed by atoms with E-state index in [0.29, 0.717) is 19.4 Å². The lowest BCUT2D eigenvalue weighted by Gasteiger charge is -2.73. The Morgan fingerprint density at radius 2 is 1.26 bits per heavy atom. The normalized spacial score (nSPS) is 56.0. The minimum Gasteiger partial charge on any atom is -0.396 e. The molecule has 4 saturated carbocycles. The van der Waals surface area contributed by atoms with E-state index in [0.717, 1.165) is 51.4 Å². The van der Waals surface area contributed by atoms with Gasteiger partial charge in [0.1, 0.15) is 67.1 Å². The number of rotatable bonds is 11. The largest absolute Gasteiger partial charge is 0.396 e. The predicted octanol–water partition coefficient (Wildman–Crippen LogP) is -1.34. The van der Waals surface area contributed by atoms with Crippen LogP contribution in [-0.4, -0.2) is 205 Å². The van der Waals surface area contributed by atoms with Gasteiger partial charge in [-0.25, -0.2) is 0 Å². The molecule has 19 nitrogen and oxygen atoms in total. The SMILES string of the molecule is CC(COC1OC(CO)C(O)C(O)C1O)C1CCC2(CCC3(C)C(CCC4C5(C)CCC(OC6OC(CO)C(O)C(O)C6OC6OCC(O)C(O)C6O)C(C)(CO)C5CCC43C)C2O)CO1. The molecule has 8 rings (SSSR count). The van der Waals surface area contributed by atoms with Crippen molar-refractivity contribution in [2.24, 2.45) is 50.7 Å². The second kappa shape index (κ2) is 19.3. The molecule has 26 unspecified atom stereocenters. The first kappa shape index (κ1) is 51.6. The third kappa shape index (κ3) is 8.35. The predicted molar refractivity (Wildman–Crippen MR) is 228 cm³/mol. The highest BCUT2D eigenvalue weighted by Gasteiger charge is 2.71. The lowest BCUT2D eigenvalue weighted by molar-refractivity contribution is -0.372. The van der Waals surface area contributed by atoms with Gasteiger partial charge >= 0.3 is 0 Å². The van der Waals surface area contributed by atoms with Crippen molar-refractivity contribution in [3.63, 3.8) is 0 Å². The molecule has 0 aromatic rings. The van der Waals surface area contributed by atoms with Crippen LogP contribution >= 0.6 is 0 Å². The molecule has 382 valence electrons.